The molecule has 3 nitrogen and oxygen atoms in total. The molecule has 142 valence electrons. The maximum Gasteiger partial charge on any atom is 0.241 e. The van der Waals surface area contributed by atoms with E-state index in [1.807, 2.05) is 0 Å². The number of unbranched alkanes of at least 4 members (excludes halogenated alkanes) is 14. The molecule has 0 rings (SSSR count). The van der Waals surface area contributed by atoms with Crippen molar-refractivity contribution in [3.8, 4) is 0 Å². The highest BCUT2D eigenvalue weighted by Gasteiger charge is 2.26. The Bertz CT molecular complexity index is 317. The largest absolute Gasteiger partial charge is 0.368 e. The molecule has 4 N–H and O–H groups in total. The highest BCUT2D eigenvalue weighted by atomic mass is 16.1. The first-order chi connectivity index (χ1) is 11.6. The van der Waals surface area contributed by atoms with E-state index in [4.69, 9.17) is 11.5 Å². The van der Waals surface area contributed by atoms with Gasteiger partial charge in [-0.2, -0.15) is 0 Å². The summed E-state index contributed by atoms with van der Waals surface area (Å²) in [5, 5.41) is 0. The van der Waals surface area contributed by atoms with Crippen molar-refractivity contribution in [2.75, 3.05) is 0 Å². The smallest absolute Gasteiger partial charge is 0.241 e. The number of carbonyl (C=O) groups excluding carboxylic acids is 1. The Balaban J connectivity index is 3.26. The zero-order chi connectivity index (χ0) is 18.1. The summed E-state index contributed by atoms with van der Waals surface area (Å²) in [6.07, 6.45) is 22.0. The average molecular weight is 339 g/mol. The Morgan fingerprint density at radius 3 is 1.42 bits per heavy atom. The molecule has 0 aliphatic heterocycles. The third-order valence-corrected chi connectivity index (χ3v) is 5.02. The van der Waals surface area contributed by atoms with Gasteiger partial charge in [0.1, 0.15) is 5.54 Å². The molecular weight excluding hydrogens is 296 g/mol. The molecule has 0 fully saturated rings. The molecular formula is C21H42N2O. The van der Waals surface area contributed by atoms with Gasteiger partial charge in [-0.3, -0.25) is 4.79 Å². The fraction of sp³-hybridized carbons (Fsp3) is 0.857. The summed E-state index contributed by atoms with van der Waals surface area (Å²) in [4.78, 5) is 11.3. The van der Waals surface area contributed by atoms with Crippen LogP contribution in [0.1, 0.15) is 110 Å². The molecule has 0 bridgehead atoms. The predicted octanol–water partition coefficient (Wildman–Crippen LogP) is 5.62. The Kier molecular flexibility index (Phi) is 15.1. The van der Waals surface area contributed by atoms with Crippen LogP contribution >= 0.6 is 0 Å². The van der Waals surface area contributed by atoms with Crippen LogP contribution in [0.5, 0.6) is 0 Å². The summed E-state index contributed by atoms with van der Waals surface area (Å²) in [5.74, 6) is -0.470. The lowest BCUT2D eigenvalue weighted by Crippen LogP contribution is -2.50. The molecule has 1 amide bonds. The van der Waals surface area contributed by atoms with E-state index in [9.17, 15) is 4.79 Å². The van der Waals surface area contributed by atoms with Gasteiger partial charge in [0.2, 0.25) is 5.91 Å². The minimum atomic E-state index is -1.02. The van der Waals surface area contributed by atoms with Crippen LogP contribution in [0.4, 0.5) is 0 Å². The number of nitrogens with two attached hydrogens (primary N) is 2. The Morgan fingerprint density at radius 1 is 0.792 bits per heavy atom. The van der Waals surface area contributed by atoms with Gasteiger partial charge in [0.05, 0.1) is 0 Å². The third-order valence-electron chi connectivity index (χ3n) is 5.02. The van der Waals surface area contributed by atoms with Crippen molar-refractivity contribution in [1.82, 2.24) is 0 Å². The molecule has 0 aliphatic carbocycles. The second-order valence-electron chi connectivity index (χ2n) is 7.31. The number of hydrogen-bond acceptors (Lipinski definition) is 2. The van der Waals surface area contributed by atoms with Gasteiger partial charge in [-0.25, -0.2) is 0 Å². The maximum absolute atomic E-state index is 11.3. The number of primary amides is 1. The van der Waals surface area contributed by atoms with Gasteiger partial charge >= 0.3 is 0 Å². The monoisotopic (exact) mass is 338 g/mol. The van der Waals surface area contributed by atoms with Gasteiger partial charge in [-0.05, 0) is 6.42 Å². The molecule has 1 atom stereocenters. The molecule has 1 unspecified atom stereocenters. The van der Waals surface area contributed by atoms with Gasteiger partial charge in [0, 0.05) is 0 Å². The normalized spacial score (nSPS) is 13.6. The zero-order valence-electron chi connectivity index (χ0n) is 16.2. The summed E-state index contributed by atoms with van der Waals surface area (Å²) in [6.45, 7) is 5.89. The van der Waals surface area contributed by atoms with Crippen LogP contribution in [0.3, 0.4) is 0 Å². The summed E-state index contributed by atoms with van der Waals surface area (Å²) >= 11 is 0. The standard InChI is InChI=1S/C21H42N2O/c1-3-5-6-7-8-9-10-11-12-13-14-15-16-17-18-19-21(23,4-2)20(22)24/h4H,2-3,5-19,23H2,1H3,(H2,22,24). The van der Waals surface area contributed by atoms with Crippen LogP contribution in [0.15, 0.2) is 12.7 Å². The van der Waals surface area contributed by atoms with Crippen molar-refractivity contribution in [3.05, 3.63) is 12.7 Å². The number of hydrogen-bond donors (Lipinski definition) is 2. The molecule has 0 aromatic heterocycles. The van der Waals surface area contributed by atoms with Crippen molar-refractivity contribution in [3.63, 3.8) is 0 Å². The third kappa shape index (κ3) is 12.6. The van der Waals surface area contributed by atoms with E-state index in [1.165, 1.54) is 89.5 Å². The second kappa shape index (κ2) is 15.7. The molecule has 0 saturated heterocycles. The van der Waals surface area contributed by atoms with Crippen molar-refractivity contribution in [2.45, 2.75) is 115 Å². The number of carbonyl (C=O) groups is 1. The molecule has 0 aromatic rings. The maximum atomic E-state index is 11.3. The van der Waals surface area contributed by atoms with Crippen LogP contribution in [0, 0.1) is 0 Å². The first kappa shape index (κ1) is 23.2. The Morgan fingerprint density at radius 2 is 1.12 bits per heavy atom. The summed E-state index contributed by atoms with van der Waals surface area (Å²) in [7, 11) is 0. The van der Waals surface area contributed by atoms with Crippen LogP contribution in [0.25, 0.3) is 0 Å². The van der Waals surface area contributed by atoms with Crippen molar-refractivity contribution < 1.29 is 4.79 Å². The van der Waals surface area contributed by atoms with Crippen molar-refractivity contribution in [1.29, 1.82) is 0 Å². The van der Waals surface area contributed by atoms with Crippen molar-refractivity contribution in [2.24, 2.45) is 11.5 Å². The molecule has 0 aromatic carbocycles. The summed E-state index contributed by atoms with van der Waals surface area (Å²) in [6, 6.07) is 0. The lowest BCUT2D eigenvalue weighted by atomic mass is 9.92. The molecule has 0 radical (unpaired) electrons. The molecule has 0 aliphatic rings. The number of amides is 1. The topological polar surface area (TPSA) is 69.1 Å². The lowest BCUT2D eigenvalue weighted by Gasteiger charge is -2.21. The first-order valence-corrected chi connectivity index (χ1v) is 10.3. The molecule has 24 heavy (non-hydrogen) atoms. The minimum absolute atomic E-state index is 0.470. The van der Waals surface area contributed by atoms with Gasteiger partial charge in [0.25, 0.3) is 0 Å². The highest BCUT2D eigenvalue weighted by molar-refractivity contribution is 5.86. The Hall–Kier alpha value is -0.830. The average Bonchev–Trinajstić information content (AvgIpc) is 2.57. The van der Waals surface area contributed by atoms with Crippen LogP contribution in [-0.2, 0) is 4.79 Å². The molecule has 3 heteroatoms. The predicted molar refractivity (Wildman–Crippen MR) is 106 cm³/mol. The summed E-state index contributed by atoms with van der Waals surface area (Å²) in [5.41, 5.74) is 10.2. The van der Waals surface area contributed by atoms with E-state index >= 15 is 0 Å². The quantitative estimate of drug-likeness (QED) is 0.252. The fourth-order valence-electron chi connectivity index (χ4n) is 3.11. The fourth-order valence-corrected chi connectivity index (χ4v) is 3.11. The molecule has 0 saturated carbocycles. The lowest BCUT2D eigenvalue weighted by molar-refractivity contribution is -0.121. The van der Waals surface area contributed by atoms with E-state index in [1.54, 1.807) is 0 Å². The van der Waals surface area contributed by atoms with Crippen molar-refractivity contribution >= 4 is 5.91 Å². The van der Waals surface area contributed by atoms with Gasteiger partial charge in [-0.15, -0.1) is 6.58 Å². The van der Waals surface area contributed by atoms with Gasteiger partial charge in [0.15, 0.2) is 0 Å². The SMILES string of the molecule is C=CC(N)(CCCCCCCCCCCCCCCCC)C(N)=O. The second-order valence-corrected chi connectivity index (χ2v) is 7.31. The van der Waals surface area contributed by atoms with Crippen LogP contribution in [0.2, 0.25) is 0 Å². The van der Waals surface area contributed by atoms with Gasteiger partial charge in [-0.1, -0.05) is 109 Å². The number of rotatable bonds is 18. The van der Waals surface area contributed by atoms with E-state index in [2.05, 4.69) is 13.5 Å². The molecule has 0 heterocycles. The van der Waals surface area contributed by atoms with E-state index in [-0.39, 0.29) is 0 Å². The molecule has 0 spiro atoms. The first-order valence-electron chi connectivity index (χ1n) is 10.3. The van der Waals surface area contributed by atoms with E-state index in [0.717, 1.165) is 12.8 Å². The Labute approximate surface area is 150 Å². The summed E-state index contributed by atoms with van der Waals surface area (Å²) < 4.78 is 0. The minimum Gasteiger partial charge on any atom is -0.368 e. The van der Waals surface area contributed by atoms with Crippen LogP contribution in [-0.4, -0.2) is 11.4 Å². The van der Waals surface area contributed by atoms with Gasteiger partial charge < -0.3 is 11.5 Å². The van der Waals surface area contributed by atoms with E-state index in [0.29, 0.717) is 6.42 Å². The van der Waals surface area contributed by atoms with E-state index < -0.39 is 11.4 Å². The highest BCUT2D eigenvalue weighted by Crippen LogP contribution is 2.16. The zero-order valence-corrected chi connectivity index (χ0v) is 16.2. The van der Waals surface area contributed by atoms with Crippen LogP contribution < -0.4 is 11.5 Å².